The van der Waals surface area contributed by atoms with Crippen LogP contribution in [0.15, 0.2) is 16.8 Å². The van der Waals surface area contributed by atoms with Crippen molar-refractivity contribution >= 4 is 5.91 Å². The average Bonchev–Trinajstić information content (AvgIpc) is 3.33. The van der Waals surface area contributed by atoms with Gasteiger partial charge < -0.3 is 14.2 Å². The Morgan fingerprint density at radius 3 is 2.96 bits per heavy atom. The molecule has 0 atom stereocenters. The van der Waals surface area contributed by atoms with Crippen LogP contribution in [0, 0.1) is 6.92 Å². The summed E-state index contributed by atoms with van der Waals surface area (Å²) in [5, 5.41) is 20.1. The first-order valence-electron chi connectivity index (χ1n) is 8.22. The van der Waals surface area contributed by atoms with Gasteiger partial charge in [0.25, 0.3) is 11.8 Å². The van der Waals surface area contributed by atoms with Gasteiger partial charge in [-0.25, -0.2) is 9.36 Å². The highest BCUT2D eigenvalue weighted by atomic mass is 16.5. The lowest BCUT2D eigenvalue weighted by atomic mass is 10.2. The second-order valence-electron chi connectivity index (χ2n) is 6.05. The minimum Gasteiger partial charge on any atom is -0.479 e. The van der Waals surface area contributed by atoms with Crippen molar-refractivity contribution in [2.45, 2.75) is 33.0 Å². The number of amides is 1. The third-order valence-electron chi connectivity index (χ3n) is 4.36. The summed E-state index contributed by atoms with van der Waals surface area (Å²) < 4.78 is 13.7. The Balaban J connectivity index is 1.58. The van der Waals surface area contributed by atoms with Crippen molar-refractivity contribution in [3.8, 4) is 5.88 Å². The van der Waals surface area contributed by atoms with Crippen molar-refractivity contribution in [3.05, 3.63) is 35.1 Å². The van der Waals surface area contributed by atoms with E-state index in [4.69, 9.17) is 9.26 Å². The molecule has 26 heavy (non-hydrogen) atoms. The first kappa shape index (κ1) is 16.2. The number of hydrogen-bond acceptors (Lipinski definition) is 8. The fourth-order valence-electron chi connectivity index (χ4n) is 2.91. The standard InChI is InChI=1S/C15H18N8O3/c1-10-7-16-19-23(10)8-11-12-9-21(4-3-5-22(12)20-17-11)15(24)13-6-14(25-2)18-26-13/h6-7H,3-5,8-9H2,1-2H3. The van der Waals surface area contributed by atoms with E-state index in [1.165, 1.54) is 13.2 Å². The van der Waals surface area contributed by atoms with Gasteiger partial charge in [0.15, 0.2) is 0 Å². The highest BCUT2D eigenvalue weighted by Gasteiger charge is 2.27. The zero-order chi connectivity index (χ0) is 18.1. The van der Waals surface area contributed by atoms with E-state index in [1.807, 2.05) is 11.6 Å². The zero-order valence-electron chi connectivity index (χ0n) is 14.5. The first-order chi connectivity index (χ1) is 12.7. The molecule has 0 aliphatic carbocycles. The van der Waals surface area contributed by atoms with Crippen LogP contribution in [0.5, 0.6) is 5.88 Å². The van der Waals surface area contributed by atoms with Crippen molar-refractivity contribution in [2.24, 2.45) is 0 Å². The summed E-state index contributed by atoms with van der Waals surface area (Å²) >= 11 is 0. The predicted octanol–water partition coefficient (Wildman–Crippen LogP) is 0.269. The molecule has 0 saturated carbocycles. The van der Waals surface area contributed by atoms with Gasteiger partial charge in [-0.15, -0.1) is 10.2 Å². The lowest BCUT2D eigenvalue weighted by Gasteiger charge is -2.18. The molecular weight excluding hydrogens is 340 g/mol. The van der Waals surface area contributed by atoms with E-state index in [1.54, 1.807) is 15.8 Å². The Bertz CT molecular complexity index is 927. The molecule has 0 spiro atoms. The van der Waals surface area contributed by atoms with Crippen molar-refractivity contribution in [1.29, 1.82) is 0 Å². The van der Waals surface area contributed by atoms with Crippen LogP contribution < -0.4 is 4.74 Å². The van der Waals surface area contributed by atoms with Crippen molar-refractivity contribution in [3.63, 3.8) is 0 Å². The van der Waals surface area contributed by atoms with Crippen LogP contribution in [0.2, 0.25) is 0 Å². The normalized spacial score (nSPS) is 14.2. The maximum Gasteiger partial charge on any atom is 0.292 e. The van der Waals surface area contributed by atoms with E-state index < -0.39 is 0 Å². The largest absolute Gasteiger partial charge is 0.479 e. The van der Waals surface area contributed by atoms with Gasteiger partial charge in [0, 0.05) is 13.1 Å². The molecule has 4 rings (SSSR count). The Morgan fingerprint density at radius 1 is 1.35 bits per heavy atom. The van der Waals surface area contributed by atoms with Gasteiger partial charge in [0.1, 0.15) is 5.69 Å². The highest BCUT2D eigenvalue weighted by molar-refractivity contribution is 5.91. The third kappa shape index (κ3) is 2.91. The maximum absolute atomic E-state index is 12.8. The number of nitrogens with zero attached hydrogens (tertiary/aromatic N) is 8. The van der Waals surface area contributed by atoms with E-state index in [9.17, 15) is 4.79 Å². The van der Waals surface area contributed by atoms with Crippen LogP contribution in [0.1, 0.15) is 34.1 Å². The molecule has 3 aromatic heterocycles. The molecule has 1 amide bonds. The first-order valence-corrected chi connectivity index (χ1v) is 8.22. The number of aromatic nitrogens is 7. The molecule has 0 saturated heterocycles. The number of fused-ring (bicyclic) bond motifs is 1. The molecule has 0 fully saturated rings. The third-order valence-corrected chi connectivity index (χ3v) is 4.36. The average molecular weight is 358 g/mol. The zero-order valence-corrected chi connectivity index (χ0v) is 14.5. The van der Waals surface area contributed by atoms with E-state index in [2.05, 4.69) is 25.8 Å². The SMILES string of the molecule is COc1cc(C(=O)N2CCCn3nnc(Cn4nncc4C)c3C2)on1. The summed E-state index contributed by atoms with van der Waals surface area (Å²) in [5.41, 5.74) is 2.59. The van der Waals surface area contributed by atoms with Gasteiger partial charge >= 0.3 is 0 Å². The summed E-state index contributed by atoms with van der Waals surface area (Å²) in [6.45, 7) is 4.06. The number of methoxy groups -OCH3 is 1. The predicted molar refractivity (Wildman–Crippen MR) is 86.3 cm³/mol. The van der Waals surface area contributed by atoms with Gasteiger partial charge in [-0.3, -0.25) is 4.79 Å². The van der Waals surface area contributed by atoms with E-state index in [0.717, 1.165) is 23.5 Å². The number of carbonyl (C=O) groups is 1. The molecule has 4 heterocycles. The minimum absolute atomic E-state index is 0.149. The van der Waals surface area contributed by atoms with Crippen molar-refractivity contribution < 1.29 is 14.1 Å². The van der Waals surface area contributed by atoms with Crippen LogP contribution in [-0.4, -0.2) is 59.6 Å². The molecule has 1 aliphatic rings. The lowest BCUT2D eigenvalue weighted by Crippen LogP contribution is -2.31. The molecule has 1 aliphatic heterocycles. The van der Waals surface area contributed by atoms with E-state index in [-0.39, 0.29) is 17.5 Å². The maximum atomic E-state index is 12.8. The molecule has 136 valence electrons. The number of hydrogen-bond donors (Lipinski definition) is 0. The number of carbonyl (C=O) groups excluding carboxylic acids is 1. The van der Waals surface area contributed by atoms with Gasteiger partial charge in [-0.2, -0.15) is 0 Å². The van der Waals surface area contributed by atoms with Gasteiger partial charge in [-0.1, -0.05) is 10.4 Å². The summed E-state index contributed by atoms with van der Waals surface area (Å²) in [6.07, 6.45) is 2.46. The Morgan fingerprint density at radius 2 is 2.23 bits per heavy atom. The van der Waals surface area contributed by atoms with Gasteiger partial charge in [-0.05, 0) is 18.5 Å². The molecule has 0 bridgehead atoms. The molecule has 3 aromatic rings. The summed E-state index contributed by atoms with van der Waals surface area (Å²) in [4.78, 5) is 14.5. The lowest BCUT2D eigenvalue weighted by molar-refractivity contribution is 0.0703. The van der Waals surface area contributed by atoms with Gasteiger partial charge in [0.05, 0.1) is 43.9 Å². The fraction of sp³-hybridized carbons (Fsp3) is 0.467. The van der Waals surface area contributed by atoms with E-state index in [0.29, 0.717) is 26.2 Å². The van der Waals surface area contributed by atoms with Gasteiger partial charge in [0.2, 0.25) is 5.76 Å². The fourth-order valence-corrected chi connectivity index (χ4v) is 2.91. The molecular formula is C15H18N8O3. The van der Waals surface area contributed by atoms with Crippen LogP contribution >= 0.6 is 0 Å². The molecule has 0 aromatic carbocycles. The summed E-state index contributed by atoms with van der Waals surface area (Å²) in [5.74, 6) is 0.187. The van der Waals surface area contributed by atoms with Crippen LogP contribution in [0.25, 0.3) is 0 Å². The molecule has 11 heteroatoms. The Labute approximate surface area is 148 Å². The number of ether oxygens (including phenoxy) is 1. The topological polar surface area (TPSA) is 117 Å². The number of rotatable bonds is 4. The molecule has 0 radical (unpaired) electrons. The van der Waals surface area contributed by atoms with Crippen LogP contribution in [0.4, 0.5) is 0 Å². The Kier molecular flexibility index (Phi) is 4.11. The summed E-state index contributed by atoms with van der Waals surface area (Å²) in [6, 6.07) is 1.49. The quantitative estimate of drug-likeness (QED) is 0.652. The summed E-state index contributed by atoms with van der Waals surface area (Å²) in [7, 11) is 1.47. The second kappa shape index (κ2) is 6.58. The molecule has 0 unspecified atom stereocenters. The van der Waals surface area contributed by atoms with Crippen molar-refractivity contribution in [2.75, 3.05) is 13.7 Å². The highest BCUT2D eigenvalue weighted by Crippen LogP contribution is 2.19. The van der Waals surface area contributed by atoms with Crippen molar-refractivity contribution in [1.82, 2.24) is 40.0 Å². The Hall–Kier alpha value is -3.24. The minimum atomic E-state index is -0.238. The monoisotopic (exact) mass is 358 g/mol. The van der Waals surface area contributed by atoms with Crippen LogP contribution in [0.3, 0.4) is 0 Å². The van der Waals surface area contributed by atoms with E-state index >= 15 is 0 Å². The van der Waals surface area contributed by atoms with Crippen LogP contribution in [-0.2, 0) is 19.6 Å². The second-order valence-corrected chi connectivity index (χ2v) is 6.05. The number of aryl methyl sites for hydroxylation is 2. The molecule has 11 nitrogen and oxygen atoms in total. The molecule has 0 N–H and O–H groups in total. The smallest absolute Gasteiger partial charge is 0.292 e.